The van der Waals surface area contributed by atoms with Crippen LogP contribution in [0.5, 0.6) is 0 Å². The van der Waals surface area contributed by atoms with E-state index in [9.17, 15) is 4.79 Å². The van der Waals surface area contributed by atoms with Crippen molar-refractivity contribution in [2.75, 3.05) is 19.7 Å². The van der Waals surface area contributed by atoms with Gasteiger partial charge in [0.2, 0.25) is 5.91 Å². The molecule has 0 aromatic carbocycles. The minimum atomic E-state index is 0.255. The van der Waals surface area contributed by atoms with Crippen LogP contribution in [-0.2, 0) is 9.53 Å². The molecule has 0 aromatic rings. The van der Waals surface area contributed by atoms with Gasteiger partial charge >= 0.3 is 0 Å². The van der Waals surface area contributed by atoms with Gasteiger partial charge in [-0.15, -0.1) is 0 Å². The summed E-state index contributed by atoms with van der Waals surface area (Å²) in [5.41, 5.74) is 5.79. The molecule has 18 heavy (non-hydrogen) atoms. The first-order valence-corrected chi connectivity index (χ1v) is 7.32. The van der Waals surface area contributed by atoms with Gasteiger partial charge in [0.15, 0.2) is 0 Å². The Morgan fingerprint density at radius 2 is 2.28 bits per heavy atom. The fourth-order valence-corrected chi connectivity index (χ4v) is 3.10. The minimum absolute atomic E-state index is 0.255. The Bertz CT molecular complexity index is 277. The van der Waals surface area contributed by atoms with Crippen LogP contribution < -0.4 is 5.73 Å². The number of carbonyl (C=O) groups excluding carboxylic acids is 1. The lowest BCUT2D eigenvalue weighted by molar-refractivity contribution is -0.135. The zero-order chi connectivity index (χ0) is 13.0. The van der Waals surface area contributed by atoms with Crippen molar-refractivity contribution in [2.45, 2.75) is 57.6 Å². The summed E-state index contributed by atoms with van der Waals surface area (Å²) in [4.78, 5) is 14.3. The van der Waals surface area contributed by atoms with Gasteiger partial charge in [-0.05, 0) is 38.0 Å². The second-order valence-corrected chi connectivity index (χ2v) is 5.78. The Morgan fingerprint density at radius 1 is 1.44 bits per heavy atom. The lowest BCUT2D eigenvalue weighted by Crippen LogP contribution is -2.49. The molecule has 0 spiro atoms. The van der Waals surface area contributed by atoms with E-state index < -0.39 is 0 Å². The Balaban J connectivity index is 1.79. The van der Waals surface area contributed by atoms with E-state index in [0.29, 0.717) is 25.0 Å². The quantitative estimate of drug-likeness (QED) is 0.828. The van der Waals surface area contributed by atoms with Gasteiger partial charge < -0.3 is 15.4 Å². The average molecular weight is 254 g/mol. The van der Waals surface area contributed by atoms with Gasteiger partial charge in [-0.3, -0.25) is 4.79 Å². The summed E-state index contributed by atoms with van der Waals surface area (Å²) in [7, 11) is 0. The lowest BCUT2D eigenvalue weighted by atomic mass is 9.92. The van der Waals surface area contributed by atoms with Crippen LogP contribution >= 0.6 is 0 Å². The van der Waals surface area contributed by atoms with Gasteiger partial charge in [-0.1, -0.05) is 6.92 Å². The van der Waals surface area contributed by atoms with Crippen molar-refractivity contribution in [2.24, 2.45) is 11.7 Å². The predicted molar refractivity (Wildman–Crippen MR) is 71.2 cm³/mol. The maximum absolute atomic E-state index is 12.2. The van der Waals surface area contributed by atoms with Crippen molar-refractivity contribution in [3.8, 4) is 0 Å². The number of carbonyl (C=O) groups is 1. The van der Waals surface area contributed by atoms with Crippen molar-refractivity contribution < 1.29 is 9.53 Å². The summed E-state index contributed by atoms with van der Waals surface area (Å²) in [5, 5.41) is 0. The van der Waals surface area contributed by atoms with E-state index in [0.717, 1.165) is 45.3 Å². The maximum Gasteiger partial charge on any atom is 0.222 e. The van der Waals surface area contributed by atoms with Crippen LogP contribution in [0, 0.1) is 5.92 Å². The highest BCUT2D eigenvalue weighted by Crippen LogP contribution is 2.24. The molecule has 1 amide bonds. The third kappa shape index (κ3) is 3.45. The Hall–Kier alpha value is -0.610. The van der Waals surface area contributed by atoms with Crippen molar-refractivity contribution in [3.05, 3.63) is 0 Å². The average Bonchev–Trinajstić information content (AvgIpc) is 2.88. The second kappa shape index (κ2) is 6.53. The molecule has 0 aromatic heterocycles. The molecule has 4 heteroatoms. The minimum Gasteiger partial charge on any atom is -0.378 e. The molecule has 2 N–H and O–H groups in total. The van der Waals surface area contributed by atoms with Gasteiger partial charge in [-0.2, -0.15) is 0 Å². The topological polar surface area (TPSA) is 55.6 Å². The fourth-order valence-electron chi connectivity index (χ4n) is 3.10. The van der Waals surface area contributed by atoms with Crippen LogP contribution in [0.15, 0.2) is 0 Å². The van der Waals surface area contributed by atoms with Gasteiger partial charge in [0.05, 0.1) is 6.10 Å². The van der Waals surface area contributed by atoms with Crippen molar-refractivity contribution >= 4 is 5.91 Å². The zero-order valence-corrected chi connectivity index (χ0v) is 11.4. The van der Waals surface area contributed by atoms with Crippen LogP contribution in [0.25, 0.3) is 0 Å². The molecule has 2 aliphatic rings. The molecule has 0 bridgehead atoms. The summed E-state index contributed by atoms with van der Waals surface area (Å²) in [5.74, 6) is 0.966. The summed E-state index contributed by atoms with van der Waals surface area (Å²) in [6, 6.07) is 0.255. The summed E-state index contributed by atoms with van der Waals surface area (Å²) >= 11 is 0. The Morgan fingerprint density at radius 3 is 2.94 bits per heavy atom. The third-order valence-electron chi connectivity index (χ3n) is 4.27. The van der Waals surface area contributed by atoms with E-state index in [1.807, 2.05) is 4.90 Å². The number of rotatable bonds is 4. The van der Waals surface area contributed by atoms with E-state index in [4.69, 9.17) is 10.5 Å². The molecule has 104 valence electrons. The number of nitrogens with zero attached hydrogens (tertiary/aromatic N) is 1. The highest BCUT2D eigenvalue weighted by molar-refractivity contribution is 5.76. The van der Waals surface area contributed by atoms with Crippen LogP contribution in [-0.4, -0.2) is 42.6 Å². The van der Waals surface area contributed by atoms with Gasteiger partial charge in [0, 0.05) is 32.2 Å². The predicted octanol–water partition coefficient (Wildman–Crippen LogP) is 1.53. The monoisotopic (exact) mass is 254 g/mol. The molecule has 2 heterocycles. The fraction of sp³-hybridized carbons (Fsp3) is 0.929. The molecule has 0 aliphatic carbocycles. The van der Waals surface area contributed by atoms with Crippen LogP contribution in [0.1, 0.15) is 45.4 Å². The van der Waals surface area contributed by atoms with Gasteiger partial charge in [0.1, 0.15) is 0 Å². The first-order valence-electron chi connectivity index (χ1n) is 7.32. The number of nitrogens with two attached hydrogens (primary N) is 1. The Kier molecular flexibility index (Phi) is 5.01. The molecule has 0 saturated carbocycles. The van der Waals surface area contributed by atoms with Crippen LogP contribution in [0.3, 0.4) is 0 Å². The van der Waals surface area contributed by atoms with Crippen molar-refractivity contribution in [1.29, 1.82) is 0 Å². The van der Waals surface area contributed by atoms with E-state index in [-0.39, 0.29) is 11.9 Å². The number of piperidine rings is 1. The number of likely N-dealkylation sites (tertiary alicyclic amines) is 1. The van der Waals surface area contributed by atoms with Crippen molar-refractivity contribution in [3.63, 3.8) is 0 Å². The standard InChI is InChI=1S/C14H26N2O2/c1-11-6-7-16(12(9-11)10-15)14(17)5-4-13-3-2-8-18-13/h11-13H,2-10,15H2,1H3. The molecular formula is C14H26N2O2. The summed E-state index contributed by atoms with van der Waals surface area (Å²) in [6.45, 7) is 4.59. The molecular weight excluding hydrogens is 228 g/mol. The molecule has 3 atom stereocenters. The van der Waals surface area contributed by atoms with E-state index in [2.05, 4.69) is 6.92 Å². The number of ether oxygens (including phenoxy) is 1. The summed E-state index contributed by atoms with van der Waals surface area (Å²) in [6.07, 6.45) is 6.24. The van der Waals surface area contributed by atoms with Crippen LogP contribution in [0.2, 0.25) is 0 Å². The number of amides is 1. The largest absolute Gasteiger partial charge is 0.378 e. The number of hydrogen-bond donors (Lipinski definition) is 1. The van der Waals surface area contributed by atoms with E-state index in [1.165, 1.54) is 0 Å². The van der Waals surface area contributed by atoms with E-state index >= 15 is 0 Å². The van der Waals surface area contributed by atoms with Gasteiger partial charge in [0.25, 0.3) is 0 Å². The highest BCUT2D eigenvalue weighted by atomic mass is 16.5. The normalized spacial score (nSPS) is 32.8. The molecule has 4 nitrogen and oxygen atoms in total. The van der Waals surface area contributed by atoms with Crippen LogP contribution in [0.4, 0.5) is 0 Å². The third-order valence-corrected chi connectivity index (χ3v) is 4.27. The molecule has 2 rings (SSSR count). The smallest absolute Gasteiger partial charge is 0.222 e. The number of hydrogen-bond acceptors (Lipinski definition) is 3. The molecule has 3 unspecified atom stereocenters. The zero-order valence-electron chi connectivity index (χ0n) is 11.4. The first-order chi connectivity index (χ1) is 8.70. The maximum atomic E-state index is 12.2. The second-order valence-electron chi connectivity index (χ2n) is 5.78. The molecule has 2 aliphatic heterocycles. The Labute approximate surface area is 110 Å². The highest BCUT2D eigenvalue weighted by Gasteiger charge is 2.29. The summed E-state index contributed by atoms with van der Waals surface area (Å²) < 4.78 is 5.57. The SMILES string of the molecule is CC1CCN(C(=O)CCC2CCCO2)C(CN)C1. The molecule has 2 saturated heterocycles. The van der Waals surface area contributed by atoms with Gasteiger partial charge in [-0.25, -0.2) is 0 Å². The molecule has 2 fully saturated rings. The molecule has 0 radical (unpaired) electrons. The van der Waals surface area contributed by atoms with E-state index in [1.54, 1.807) is 0 Å². The van der Waals surface area contributed by atoms with Crippen molar-refractivity contribution in [1.82, 2.24) is 4.90 Å². The lowest BCUT2D eigenvalue weighted by Gasteiger charge is -2.38. The first kappa shape index (κ1) is 13.8.